The summed E-state index contributed by atoms with van der Waals surface area (Å²) in [4.78, 5) is 12.4. The summed E-state index contributed by atoms with van der Waals surface area (Å²) < 4.78 is 1.27. The molecule has 3 aromatic rings. The topological polar surface area (TPSA) is 46.9 Å². The second-order valence-electron chi connectivity index (χ2n) is 4.90. The van der Waals surface area contributed by atoms with Crippen molar-refractivity contribution in [1.82, 2.24) is 9.78 Å². The Balaban J connectivity index is 1.83. The van der Waals surface area contributed by atoms with E-state index in [2.05, 4.69) is 10.4 Å². The molecule has 0 radical (unpaired) electrons. The van der Waals surface area contributed by atoms with Crippen LogP contribution >= 0.6 is 23.2 Å². The van der Waals surface area contributed by atoms with E-state index >= 15 is 0 Å². The molecule has 0 saturated heterocycles. The van der Waals surface area contributed by atoms with E-state index in [4.69, 9.17) is 23.2 Å². The highest BCUT2D eigenvalue weighted by Crippen LogP contribution is 2.18. The zero-order valence-electron chi connectivity index (χ0n) is 12.0. The molecule has 23 heavy (non-hydrogen) atoms. The van der Waals surface area contributed by atoms with Gasteiger partial charge in [0.2, 0.25) is 0 Å². The number of anilines is 1. The molecule has 1 aromatic heterocycles. The predicted octanol–water partition coefficient (Wildman–Crippen LogP) is 4.15. The lowest BCUT2D eigenvalue weighted by atomic mass is 10.2. The molecule has 0 fully saturated rings. The van der Waals surface area contributed by atoms with Crippen LogP contribution in [0.5, 0.6) is 0 Å². The highest BCUT2D eigenvalue weighted by atomic mass is 35.5. The van der Waals surface area contributed by atoms with E-state index in [9.17, 15) is 4.79 Å². The summed E-state index contributed by atoms with van der Waals surface area (Å²) in [6, 6.07) is 16.6. The van der Waals surface area contributed by atoms with Crippen molar-refractivity contribution >= 4 is 28.9 Å². The Morgan fingerprint density at radius 3 is 2.39 bits per heavy atom. The van der Waals surface area contributed by atoms with Gasteiger partial charge in [0.25, 0.3) is 5.56 Å². The fraction of sp³-hybridized carbons (Fsp3) is 0.0588. The number of benzene rings is 2. The van der Waals surface area contributed by atoms with Gasteiger partial charge in [-0.15, -0.1) is 0 Å². The molecule has 0 spiro atoms. The van der Waals surface area contributed by atoms with E-state index in [0.717, 1.165) is 5.56 Å². The molecule has 0 unspecified atom stereocenters. The van der Waals surface area contributed by atoms with Gasteiger partial charge in [-0.1, -0.05) is 53.5 Å². The second-order valence-corrected chi connectivity index (χ2v) is 5.72. The summed E-state index contributed by atoms with van der Waals surface area (Å²) in [6.07, 6.45) is 1.55. The number of para-hydroxylation sites is 1. The molecule has 116 valence electrons. The summed E-state index contributed by atoms with van der Waals surface area (Å²) >= 11 is 12.0. The minimum absolute atomic E-state index is 0.109. The Morgan fingerprint density at radius 2 is 1.70 bits per heavy atom. The highest BCUT2D eigenvalue weighted by molar-refractivity contribution is 6.33. The number of rotatable bonds is 4. The lowest BCUT2D eigenvalue weighted by Gasteiger charge is -2.10. The lowest BCUT2D eigenvalue weighted by Crippen LogP contribution is -2.22. The third-order valence-corrected chi connectivity index (χ3v) is 3.93. The summed E-state index contributed by atoms with van der Waals surface area (Å²) in [6.45, 7) is 0.521. The molecule has 1 heterocycles. The standard InChI is InChI=1S/C17H13Cl2N3O/c18-13-8-6-12(7-9-13)10-20-15-11-21-22(17(23)16(15)19)14-4-2-1-3-5-14/h1-9,11,20H,10H2. The molecule has 0 aliphatic heterocycles. The van der Waals surface area contributed by atoms with Gasteiger partial charge in [-0.3, -0.25) is 4.79 Å². The van der Waals surface area contributed by atoms with Gasteiger partial charge in [-0.2, -0.15) is 9.78 Å². The first-order valence-corrected chi connectivity index (χ1v) is 7.72. The fourth-order valence-electron chi connectivity index (χ4n) is 2.11. The van der Waals surface area contributed by atoms with Gasteiger partial charge >= 0.3 is 0 Å². The summed E-state index contributed by atoms with van der Waals surface area (Å²) in [7, 11) is 0. The Morgan fingerprint density at radius 1 is 1.00 bits per heavy atom. The minimum atomic E-state index is -0.362. The van der Waals surface area contributed by atoms with Gasteiger partial charge in [0, 0.05) is 11.6 Å². The van der Waals surface area contributed by atoms with Crippen LogP contribution in [-0.4, -0.2) is 9.78 Å². The average Bonchev–Trinajstić information content (AvgIpc) is 2.58. The van der Waals surface area contributed by atoms with Crippen LogP contribution in [0.3, 0.4) is 0 Å². The van der Waals surface area contributed by atoms with Crippen molar-refractivity contribution in [1.29, 1.82) is 0 Å². The molecule has 0 aliphatic carbocycles. The molecule has 0 bridgehead atoms. The van der Waals surface area contributed by atoms with Crippen molar-refractivity contribution in [2.75, 3.05) is 5.32 Å². The molecule has 6 heteroatoms. The normalized spacial score (nSPS) is 10.5. The Labute approximate surface area is 143 Å². The van der Waals surface area contributed by atoms with Gasteiger partial charge in [0.1, 0.15) is 5.02 Å². The Hall–Kier alpha value is -2.30. The zero-order valence-corrected chi connectivity index (χ0v) is 13.6. The molecule has 2 aromatic carbocycles. The molecular formula is C17H13Cl2N3O. The number of halogens is 2. The largest absolute Gasteiger partial charge is 0.378 e. The third-order valence-electron chi connectivity index (χ3n) is 3.32. The first-order valence-electron chi connectivity index (χ1n) is 6.97. The monoisotopic (exact) mass is 345 g/mol. The smallest absolute Gasteiger partial charge is 0.292 e. The molecule has 0 atom stereocenters. The van der Waals surface area contributed by atoms with Crippen molar-refractivity contribution in [2.24, 2.45) is 0 Å². The van der Waals surface area contributed by atoms with Crippen LogP contribution in [0.1, 0.15) is 5.56 Å². The van der Waals surface area contributed by atoms with Crippen LogP contribution < -0.4 is 10.9 Å². The summed E-state index contributed by atoms with van der Waals surface area (Å²) in [5, 5.41) is 8.08. The van der Waals surface area contributed by atoms with E-state index in [1.807, 2.05) is 42.5 Å². The summed E-state index contributed by atoms with van der Waals surface area (Å²) in [5.41, 5.74) is 1.83. The van der Waals surface area contributed by atoms with Gasteiger partial charge in [-0.25, -0.2) is 0 Å². The molecule has 4 nitrogen and oxygen atoms in total. The van der Waals surface area contributed by atoms with E-state index in [0.29, 0.717) is 22.9 Å². The molecule has 1 N–H and O–H groups in total. The van der Waals surface area contributed by atoms with E-state index < -0.39 is 0 Å². The van der Waals surface area contributed by atoms with Crippen LogP contribution in [0.15, 0.2) is 65.6 Å². The Kier molecular flexibility index (Phi) is 4.65. The van der Waals surface area contributed by atoms with Crippen LogP contribution in [-0.2, 0) is 6.54 Å². The maximum absolute atomic E-state index is 12.4. The van der Waals surface area contributed by atoms with Crippen LogP contribution in [0.4, 0.5) is 5.69 Å². The number of hydrogen-bond acceptors (Lipinski definition) is 3. The average molecular weight is 346 g/mol. The van der Waals surface area contributed by atoms with E-state index in [1.54, 1.807) is 18.3 Å². The molecular weight excluding hydrogens is 333 g/mol. The first kappa shape index (κ1) is 15.6. The summed E-state index contributed by atoms with van der Waals surface area (Å²) in [5.74, 6) is 0. The van der Waals surface area contributed by atoms with Gasteiger partial charge in [0.05, 0.1) is 17.6 Å². The zero-order chi connectivity index (χ0) is 16.2. The molecule has 0 amide bonds. The molecule has 0 saturated carbocycles. The van der Waals surface area contributed by atoms with Crippen molar-refractivity contribution in [2.45, 2.75) is 6.54 Å². The van der Waals surface area contributed by atoms with Crippen molar-refractivity contribution in [3.05, 3.63) is 86.8 Å². The highest BCUT2D eigenvalue weighted by Gasteiger charge is 2.10. The lowest BCUT2D eigenvalue weighted by molar-refractivity contribution is 0.807. The number of nitrogens with one attached hydrogen (secondary N) is 1. The van der Waals surface area contributed by atoms with Crippen molar-refractivity contribution < 1.29 is 0 Å². The van der Waals surface area contributed by atoms with Crippen molar-refractivity contribution in [3.8, 4) is 5.69 Å². The number of nitrogens with zero attached hydrogens (tertiary/aromatic N) is 2. The third kappa shape index (κ3) is 3.55. The van der Waals surface area contributed by atoms with Gasteiger partial charge in [0.15, 0.2) is 0 Å². The minimum Gasteiger partial charge on any atom is -0.378 e. The molecule has 3 rings (SSSR count). The maximum Gasteiger partial charge on any atom is 0.292 e. The number of aromatic nitrogens is 2. The predicted molar refractivity (Wildman–Crippen MR) is 93.6 cm³/mol. The maximum atomic E-state index is 12.4. The fourth-order valence-corrected chi connectivity index (χ4v) is 2.43. The van der Waals surface area contributed by atoms with Gasteiger partial charge in [-0.05, 0) is 29.8 Å². The number of hydrogen-bond donors (Lipinski definition) is 1. The van der Waals surface area contributed by atoms with Gasteiger partial charge < -0.3 is 5.32 Å². The quantitative estimate of drug-likeness (QED) is 0.772. The van der Waals surface area contributed by atoms with Crippen LogP contribution in [0.2, 0.25) is 10.0 Å². The second kappa shape index (κ2) is 6.86. The van der Waals surface area contributed by atoms with Crippen LogP contribution in [0.25, 0.3) is 5.69 Å². The Bertz CT molecular complexity index is 861. The molecule has 0 aliphatic rings. The van der Waals surface area contributed by atoms with Crippen molar-refractivity contribution in [3.63, 3.8) is 0 Å². The first-order chi connectivity index (χ1) is 11.1. The SMILES string of the molecule is O=c1c(Cl)c(NCc2ccc(Cl)cc2)cnn1-c1ccccc1. The van der Waals surface area contributed by atoms with E-state index in [-0.39, 0.29) is 10.6 Å². The van der Waals surface area contributed by atoms with E-state index in [1.165, 1.54) is 4.68 Å². The van der Waals surface area contributed by atoms with Crippen LogP contribution in [0, 0.1) is 0 Å².